The summed E-state index contributed by atoms with van der Waals surface area (Å²) in [7, 11) is 0. The number of halogens is 2. The fourth-order valence-corrected chi connectivity index (χ4v) is 3.77. The number of hydrogen-bond donors (Lipinski definition) is 1. The molecule has 1 N–H and O–H groups in total. The van der Waals surface area contributed by atoms with Crippen molar-refractivity contribution in [2.24, 2.45) is 0 Å². The summed E-state index contributed by atoms with van der Waals surface area (Å²) >= 11 is 12.7. The summed E-state index contributed by atoms with van der Waals surface area (Å²) in [5, 5.41) is 10.3. The van der Waals surface area contributed by atoms with Crippen LogP contribution in [-0.4, -0.2) is 50.8 Å². The highest BCUT2D eigenvalue weighted by Gasteiger charge is 2.23. The molecule has 1 saturated heterocycles. The van der Waals surface area contributed by atoms with Crippen LogP contribution in [-0.2, 0) is 0 Å². The van der Waals surface area contributed by atoms with E-state index in [1.165, 1.54) is 0 Å². The molecular weight excluding hydrogens is 399 g/mol. The summed E-state index contributed by atoms with van der Waals surface area (Å²) in [6.07, 6.45) is 1.60. The number of aliphatic hydroxyl groups excluding tert-OH is 1. The summed E-state index contributed by atoms with van der Waals surface area (Å²) in [6.45, 7) is 3.80. The maximum atomic E-state index is 10.00. The zero-order chi connectivity index (χ0) is 19.7. The number of fused-ring (bicyclic) bond motifs is 1. The fourth-order valence-electron chi connectivity index (χ4n) is 3.39. The molecule has 0 spiro atoms. The lowest BCUT2D eigenvalue weighted by Gasteiger charge is -2.26. The van der Waals surface area contributed by atoms with Gasteiger partial charge in [-0.3, -0.25) is 0 Å². The Morgan fingerprint density at radius 2 is 1.79 bits per heavy atom. The van der Waals surface area contributed by atoms with Crippen molar-refractivity contribution >= 4 is 51.7 Å². The molecule has 9 heteroatoms. The Hall–Kier alpha value is -2.22. The molecule has 146 valence electrons. The number of aliphatic hydroxyl groups is 1. The van der Waals surface area contributed by atoms with Gasteiger partial charge in [0.1, 0.15) is 0 Å². The number of anilines is 3. The van der Waals surface area contributed by atoms with E-state index in [4.69, 9.17) is 23.2 Å². The highest BCUT2D eigenvalue weighted by molar-refractivity contribution is 6.32. The third-order valence-electron chi connectivity index (χ3n) is 4.60. The quantitative estimate of drug-likeness (QED) is 0.630. The average Bonchev–Trinajstić information content (AvgIpc) is 3.21. The molecule has 3 aromatic rings. The first-order chi connectivity index (χ1) is 13.5. The zero-order valence-electron chi connectivity index (χ0n) is 15.4. The van der Waals surface area contributed by atoms with E-state index < -0.39 is 6.10 Å². The van der Waals surface area contributed by atoms with Crippen LogP contribution in [0.4, 0.5) is 17.3 Å². The van der Waals surface area contributed by atoms with Crippen LogP contribution in [0, 0.1) is 0 Å². The highest BCUT2D eigenvalue weighted by atomic mass is 35.5. The van der Waals surface area contributed by atoms with Gasteiger partial charge in [0, 0.05) is 18.8 Å². The van der Waals surface area contributed by atoms with Crippen molar-refractivity contribution in [2.75, 3.05) is 29.4 Å². The van der Waals surface area contributed by atoms with Crippen molar-refractivity contribution in [3.63, 3.8) is 0 Å². The average molecular weight is 419 g/mol. The van der Waals surface area contributed by atoms with E-state index in [2.05, 4.69) is 24.8 Å². The topological polar surface area (TPSA) is 78.3 Å². The third kappa shape index (κ3) is 3.83. The minimum absolute atomic E-state index is 0.124. The van der Waals surface area contributed by atoms with E-state index in [1.807, 2.05) is 35.2 Å². The number of para-hydroxylation sites is 1. The lowest BCUT2D eigenvalue weighted by Crippen LogP contribution is -2.28. The van der Waals surface area contributed by atoms with Crippen LogP contribution in [0.2, 0.25) is 10.4 Å². The van der Waals surface area contributed by atoms with E-state index >= 15 is 0 Å². The van der Waals surface area contributed by atoms with Crippen molar-refractivity contribution < 1.29 is 5.11 Å². The summed E-state index contributed by atoms with van der Waals surface area (Å²) in [5.41, 5.74) is 1.76. The molecule has 3 heterocycles. The summed E-state index contributed by atoms with van der Waals surface area (Å²) in [5.74, 6) is 1.08. The van der Waals surface area contributed by atoms with Crippen molar-refractivity contribution in [3.8, 4) is 0 Å². The molecule has 1 aliphatic rings. The molecule has 28 heavy (non-hydrogen) atoms. The lowest BCUT2D eigenvalue weighted by atomic mass is 10.2. The van der Waals surface area contributed by atoms with E-state index in [-0.39, 0.29) is 10.4 Å². The molecule has 0 radical (unpaired) electrons. The van der Waals surface area contributed by atoms with Crippen LogP contribution in [0.25, 0.3) is 11.2 Å². The Balaban J connectivity index is 1.86. The lowest BCUT2D eigenvalue weighted by molar-refractivity contribution is 0.203. The Morgan fingerprint density at radius 3 is 2.46 bits per heavy atom. The normalized spacial score (nSPS) is 15.2. The number of aromatic nitrogens is 4. The predicted molar refractivity (Wildman–Crippen MR) is 112 cm³/mol. The first-order valence-corrected chi connectivity index (χ1v) is 9.95. The van der Waals surface area contributed by atoms with E-state index in [9.17, 15) is 5.11 Å². The number of hydrogen-bond acceptors (Lipinski definition) is 7. The van der Waals surface area contributed by atoms with Crippen LogP contribution < -0.4 is 9.80 Å². The van der Waals surface area contributed by atoms with Gasteiger partial charge < -0.3 is 14.9 Å². The van der Waals surface area contributed by atoms with Crippen LogP contribution in [0.1, 0.15) is 19.8 Å². The van der Waals surface area contributed by atoms with E-state index in [0.29, 0.717) is 29.3 Å². The van der Waals surface area contributed by atoms with Gasteiger partial charge in [0.15, 0.2) is 28.0 Å². The van der Waals surface area contributed by atoms with Crippen molar-refractivity contribution in [1.29, 1.82) is 0 Å². The molecule has 1 fully saturated rings. The maximum Gasteiger partial charge on any atom is 0.226 e. The van der Waals surface area contributed by atoms with Gasteiger partial charge in [0.25, 0.3) is 0 Å². The molecule has 1 atom stereocenters. The van der Waals surface area contributed by atoms with Gasteiger partial charge in [-0.15, -0.1) is 0 Å². The van der Waals surface area contributed by atoms with E-state index in [0.717, 1.165) is 31.6 Å². The smallest absolute Gasteiger partial charge is 0.226 e. The van der Waals surface area contributed by atoms with Crippen LogP contribution >= 0.6 is 23.2 Å². The van der Waals surface area contributed by atoms with Gasteiger partial charge in [-0.2, -0.15) is 9.97 Å². The summed E-state index contributed by atoms with van der Waals surface area (Å²) < 4.78 is 0. The first kappa shape index (κ1) is 19.1. The second-order valence-electron chi connectivity index (χ2n) is 6.82. The minimum Gasteiger partial charge on any atom is -0.392 e. The van der Waals surface area contributed by atoms with E-state index in [1.54, 1.807) is 6.92 Å². The highest BCUT2D eigenvalue weighted by Crippen LogP contribution is 2.33. The Morgan fingerprint density at radius 1 is 1.07 bits per heavy atom. The number of rotatable bonds is 5. The fraction of sp³-hybridized carbons (Fsp3) is 0.368. The molecule has 0 aliphatic carbocycles. The third-order valence-corrected chi connectivity index (χ3v) is 5.02. The molecule has 0 bridgehead atoms. The molecule has 4 rings (SSSR count). The van der Waals surface area contributed by atoms with Crippen molar-refractivity contribution in [1.82, 2.24) is 19.9 Å². The van der Waals surface area contributed by atoms with Gasteiger partial charge in [-0.25, -0.2) is 9.97 Å². The maximum absolute atomic E-state index is 10.00. The van der Waals surface area contributed by atoms with Crippen LogP contribution in [0.5, 0.6) is 0 Å². The zero-order valence-corrected chi connectivity index (χ0v) is 16.9. The number of nitrogens with zero attached hydrogens (tertiary/aromatic N) is 6. The summed E-state index contributed by atoms with van der Waals surface area (Å²) in [6, 6.07) is 9.60. The number of benzene rings is 1. The molecule has 1 aromatic carbocycles. The first-order valence-electron chi connectivity index (χ1n) is 9.19. The standard InChI is InChI=1S/C19H20Cl2N6O/c1-12(28)11-27(13-7-3-2-4-8-13)18-15(20)22-14-16(23-18)24-19(21)25-17(14)26-9-5-6-10-26/h2-4,7-8,12,28H,5-6,9-11H2,1H3/t12-/m1/s1. The molecule has 2 aromatic heterocycles. The van der Waals surface area contributed by atoms with Crippen LogP contribution in [0.3, 0.4) is 0 Å². The van der Waals surface area contributed by atoms with Crippen molar-refractivity contribution in [3.05, 3.63) is 40.8 Å². The molecule has 0 amide bonds. The van der Waals surface area contributed by atoms with Crippen LogP contribution in [0.15, 0.2) is 30.3 Å². The second kappa shape index (κ2) is 8.03. The Bertz CT molecular complexity index is 979. The second-order valence-corrected chi connectivity index (χ2v) is 7.51. The summed E-state index contributed by atoms with van der Waals surface area (Å²) in [4.78, 5) is 21.8. The SMILES string of the molecule is C[C@@H](O)CN(c1ccccc1)c1nc2nc(Cl)nc(N3CCCC3)c2nc1Cl. The van der Waals surface area contributed by atoms with Crippen molar-refractivity contribution in [2.45, 2.75) is 25.9 Å². The monoisotopic (exact) mass is 418 g/mol. The Labute approximate surface area is 173 Å². The van der Waals surface area contributed by atoms with Gasteiger partial charge in [0.2, 0.25) is 5.28 Å². The largest absolute Gasteiger partial charge is 0.392 e. The van der Waals surface area contributed by atoms with Gasteiger partial charge in [0.05, 0.1) is 12.6 Å². The molecule has 1 aliphatic heterocycles. The Kier molecular flexibility index (Phi) is 5.48. The molecule has 0 unspecified atom stereocenters. The molecule has 0 saturated carbocycles. The molecular formula is C19H20Cl2N6O. The predicted octanol–water partition coefficient (Wildman–Crippen LogP) is 3.85. The van der Waals surface area contributed by atoms with Gasteiger partial charge >= 0.3 is 0 Å². The molecule has 7 nitrogen and oxygen atoms in total. The minimum atomic E-state index is -0.595. The van der Waals surface area contributed by atoms with Gasteiger partial charge in [-0.1, -0.05) is 29.8 Å². The van der Waals surface area contributed by atoms with Gasteiger partial charge in [-0.05, 0) is 43.5 Å².